The van der Waals surface area contributed by atoms with E-state index in [1.807, 2.05) is 33.0 Å². The zero-order chi connectivity index (χ0) is 10.3. The maximum Gasteiger partial charge on any atom is 0.238 e. The first kappa shape index (κ1) is 9.19. The number of hydrogen-bond donors (Lipinski definition) is 0. The second-order valence-corrected chi connectivity index (χ2v) is 3.92. The standard InChI is InChI=1S/C11H14N2O/c1-4-11(2)9-8(6-5-7-12-9)13(3)10(11)14/h5-7H,4H2,1-3H3. The van der Waals surface area contributed by atoms with Crippen LogP contribution in [0.1, 0.15) is 26.0 Å². The minimum atomic E-state index is -0.425. The fourth-order valence-electron chi connectivity index (χ4n) is 1.99. The van der Waals surface area contributed by atoms with Crippen LogP contribution in [0.2, 0.25) is 0 Å². The predicted molar refractivity (Wildman–Crippen MR) is 55.3 cm³/mol. The van der Waals surface area contributed by atoms with Gasteiger partial charge in [0.1, 0.15) is 0 Å². The molecule has 3 heteroatoms. The van der Waals surface area contributed by atoms with Gasteiger partial charge in [0.25, 0.3) is 0 Å². The van der Waals surface area contributed by atoms with Crippen LogP contribution in [0.4, 0.5) is 5.69 Å². The quantitative estimate of drug-likeness (QED) is 0.675. The van der Waals surface area contributed by atoms with Crippen molar-refractivity contribution in [3.8, 4) is 0 Å². The predicted octanol–water partition coefficient (Wildman–Crippen LogP) is 1.73. The van der Waals surface area contributed by atoms with E-state index < -0.39 is 5.41 Å². The zero-order valence-electron chi connectivity index (χ0n) is 8.74. The highest BCUT2D eigenvalue weighted by Crippen LogP contribution is 2.41. The summed E-state index contributed by atoms with van der Waals surface area (Å²) < 4.78 is 0. The molecular weight excluding hydrogens is 176 g/mol. The Kier molecular flexibility index (Phi) is 1.84. The molecule has 0 bridgehead atoms. The molecule has 2 heterocycles. The van der Waals surface area contributed by atoms with E-state index in [2.05, 4.69) is 4.98 Å². The van der Waals surface area contributed by atoms with Gasteiger partial charge in [-0.1, -0.05) is 6.92 Å². The lowest BCUT2D eigenvalue weighted by Crippen LogP contribution is -2.35. The molecule has 1 amide bonds. The van der Waals surface area contributed by atoms with Crippen LogP contribution in [0.5, 0.6) is 0 Å². The number of aromatic nitrogens is 1. The molecule has 0 aliphatic carbocycles. The monoisotopic (exact) mass is 190 g/mol. The lowest BCUT2D eigenvalue weighted by molar-refractivity contribution is -0.122. The Morgan fingerprint density at radius 2 is 2.29 bits per heavy atom. The third-order valence-corrected chi connectivity index (χ3v) is 3.15. The molecular formula is C11H14N2O. The lowest BCUT2D eigenvalue weighted by Gasteiger charge is -2.19. The van der Waals surface area contributed by atoms with Gasteiger partial charge in [-0.15, -0.1) is 0 Å². The average molecular weight is 190 g/mol. The molecule has 0 saturated heterocycles. The summed E-state index contributed by atoms with van der Waals surface area (Å²) >= 11 is 0. The van der Waals surface area contributed by atoms with E-state index in [9.17, 15) is 4.79 Å². The maximum absolute atomic E-state index is 12.0. The van der Waals surface area contributed by atoms with Gasteiger partial charge in [-0.25, -0.2) is 0 Å². The van der Waals surface area contributed by atoms with Crippen molar-refractivity contribution in [2.24, 2.45) is 0 Å². The Bertz CT molecular complexity index is 389. The van der Waals surface area contributed by atoms with Crippen molar-refractivity contribution in [2.45, 2.75) is 25.7 Å². The number of carbonyl (C=O) groups is 1. The van der Waals surface area contributed by atoms with Gasteiger partial charge < -0.3 is 4.90 Å². The third kappa shape index (κ3) is 0.924. The first-order valence-electron chi connectivity index (χ1n) is 4.85. The van der Waals surface area contributed by atoms with E-state index in [1.54, 1.807) is 11.1 Å². The van der Waals surface area contributed by atoms with E-state index in [0.29, 0.717) is 0 Å². The van der Waals surface area contributed by atoms with Gasteiger partial charge in [0, 0.05) is 13.2 Å². The smallest absolute Gasteiger partial charge is 0.238 e. The van der Waals surface area contributed by atoms with E-state index >= 15 is 0 Å². The first-order chi connectivity index (χ1) is 6.61. The maximum atomic E-state index is 12.0. The molecule has 0 N–H and O–H groups in total. The Morgan fingerprint density at radius 1 is 1.57 bits per heavy atom. The van der Waals surface area contributed by atoms with Gasteiger partial charge in [-0.05, 0) is 25.5 Å². The molecule has 2 rings (SSSR count). The van der Waals surface area contributed by atoms with E-state index in [1.165, 1.54) is 0 Å². The van der Waals surface area contributed by atoms with Gasteiger partial charge in [-0.3, -0.25) is 9.78 Å². The summed E-state index contributed by atoms with van der Waals surface area (Å²) in [5, 5.41) is 0. The topological polar surface area (TPSA) is 33.2 Å². The lowest BCUT2D eigenvalue weighted by atomic mass is 9.85. The SMILES string of the molecule is CCC1(C)C(=O)N(C)c2cccnc21. The normalized spacial score (nSPS) is 25.4. The fraction of sp³-hybridized carbons (Fsp3) is 0.455. The van der Waals surface area contributed by atoms with Gasteiger partial charge in [0.15, 0.2) is 0 Å². The molecule has 14 heavy (non-hydrogen) atoms. The second-order valence-electron chi connectivity index (χ2n) is 3.92. The van der Waals surface area contributed by atoms with Gasteiger partial charge in [-0.2, -0.15) is 0 Å². The van der Waals surface area contributed by atoms with E-state index in [-0.39, 0.29) is 5.91 Å². The van der Waals surface area contributed by atoms with Crippen molar-refractivity contribution >= 4 is 11.6 Å². The summed E-state index contributed by atoms with van der Waals surface area (Å²) in [5.74, 6) is 0.147. The molecule has 0 fully saturated rings. The van der Waals surface area contributed by atoms with Gasteiger partial charge in [0.2, 0.25) is 5.91 Å². The summed E-state index contributed by atoms with van der Waals surface area (Å²) in [7, 11) is 1.81. The van der Waals surface area contributed by atoms with E-state index in [0.717, 1.165) is 17.8 Å². The Hall–Kier alpha value is -1.38. The number of likely N-dealkylation sites (N-methyl/N-ethyl adjacent to an activating group) is 1. The zero-order valence-corrected chi connectivity index (χ0v) is 8.74. The fourth-order valence-corrected chi connectivity index (χ4v) is 1.99. The Labute approximate surface area is 83.8 Å². The summed E-state index contributed by atoms with van der Waals surface area (Å²) in [6, 6.07) is 3.81. The third-order valence-electron chi connectivity index (χ3n) is 3.15. The minimum Gasteiger partial charge on any atom is -0.313 e. The molecule has 0 aromatic carbocycles. The number of nitrogens with zero attached hydrogens (tertiary/aromatic N) is 2. The van der Waals surface area contributed by atoms with Crippen LogP contribution < -0.4 is 4.90 Å². The Morgan fingerprint density at radius 3 is 2.93 bits per heavy atom. The minimum absolute atomic E-state index is 0.147. The van der Waals surface area contributed by atoms with Crippen LogP contribution in [0.25, 0.3) is 0 Å². The molecule has 1 unspecified atom stereocenters. The van der Waals surface area contributed by atoms with Crippen molar-refractivity contribution in [3.05, 3.63) is 24.0 Å². The molecule has 1 aliphatic rings. The van der Waals surface area contributed by atoms with Crippen molar-refractivity contribution in [1.29, 1.82) is 0 Å². The van der Waals surface area contributed by atoms with Crippen molar-refractivity contribution in [1.82, 2.24) is 4.98 Å². The number of rotatable bonds is 1. The molecule has 3 nitrogen and oxygen atoms in total. The van der Waals surface area contributed by atoms with Crippen LogP contribution in [-0.2, 0) is 10.2 Å². The highest BCUT2D eigenvalue weighted by Gasteiger charge is 2.45. The van der Waals surface area contributed by atoms with E-state index in [4.69, 9.17) is 0 Å². The number of fused-ring (bicyclic) bond motifs is 1. The Balaban J connectivity index is 2.65. The van der Waals surface area contributed by atoms with Crippen molar-refractivity contribution in [2.75, 3.05) is 11.9 Å². The summed E-state index contributed by atoms with van der Waals surface area (Å²) in [4.78, 5) is 18.0. The molecule has 1 atom stereocenters. The molecule has 1 aromatic rings. The van der Waals surface area contributed by atoms with Gasteiger partial charge >= 0.3 is 0 Å². The highest BCUT2D eigenvalue weighted by atomic mass is 16.2. The summed E-state index contributed by atoms with van der Waals surface area (Å²) in [5.41, 5.74) is 1.43. The summed E-state index contributed by atoms with van der Waals surface area (Å²) in [6.07, 6.45) is 2.54. The summed E-state index contributed by atoms with van der Waals surface area (Å²) in [6.45, 7) is 3.99. The average Bonchev–Trinajstić information content (AvgIpc) is 2.43. The first-order valence-corrected chi connectivity index (χ1v) is 4.85. The second kappa shape index (κ2) is 2.80. The number of anilines is 1. The van der Waals surface area contributed by atoms with Crippen LogP contribution in [0, 0.1) is 0 Å². The molecule has 1 aliphatic heterocycles. The van der Waals surface area contributed by atoms with Crippen molar-refractivity contribution < 1.29 is 4.79 Å². The largest absolute Gasteiger partial charge is 0.313 e. The number of pyridine rings is 1. The van der Waals surface area contributed by atoms with Crippen LogP contribution in [-0.4, -0.2) is 17.9 Å². The molecule has 0 spiro atoms. The number of hydrogen-bond acceptors (Lipinski definition) is 2. The van der Waals surface area contributed by atoms with Crippen LogP contribution in [0.3, 0.4) is 0 Å². The number of carbonyl (C=O) groups excluding carboxylic acids is 1. The molecule has 0 radical (unpaired) electrons. The molecule has 0 saturated carbocycles. The molecule has 74 valence electrons. The number of amides is 1. The molecule has 1 aromatic heterocycles. The van der Waals surface area contributed by atoms with Crippen LogP contribution >= 0.6 is 0 Å². The van der Waals surface area contributed by atoms with Crippen LogP contribution in [0.15, 0.2) is 18.3 Å². The van der Waals surface area contributed by atoms with Gasteiger partial charge in [0.05, 0.1) is 16.8 Å². The highest BCUT2D eigenvalue weighted by molar-refractivity contribution is 6.06. The van der Waals surface area contributed by atoms with Crippen molar-refractivity contribution in [3.63, 3.8) is 0 Å².